The summed E-state index contributed by atoms with van der Waals surface area (Å²) in [6.07, 6.45) is 21.5. The first-order chi connectivity index (χ1) is 12.1. The zero-order chi connectivity index (χ0) is 18.3. The lowest BCUT2D eigenvalue weighted by Gasteiger charge is -2.42. The Hall–Kier alpha value is -0.780. The number of unbranched alkanes of at least 4 members (excludes halogenated alkanes) is 1. The van der Waals surface area contributed by atoms with Crippen LogP contribution in [0.1, 0.15) is 105 Å². The first-order valence-corrected chi connectivity index (χ1v) is 11.2. The van der Waals surface area contributed by atoms with Gasteiger partial charge in [0, 0.05) is 0 Å². The third-order valence-corrected chi connectivity index (χ3v) is 7.19. The van der Waals surface area contributed by atoms with Crippen LogP contribution in [0, 0.1) is 17.3 Å². The van der Waals surface area contributed by atoms with E-state index < -0.39 is 0 Å². The molecule has 0 N–H and O–H groups in total. The fraction of sp³-hybridized carbons (Fsp3) is 0.760. The number of fused-ring (bicyclic) bond motifs is 1. The van der Waals surface area contributed by atoms with Crippen LogP contribution in [0.25, 0.3) is 0 Å². The normalized spacial score (nSPS) is 35.4. The zero-order valence-electron chi connectivity index (χ0n) is 17.5. The molecule has 0 aromatic rings. The molecular weight excluding hydrogens is 300 g/mol. The molecule has 3 aliphatic rings. The van der Waals surface area contributed by atoms with Crippen LogP contribution < -0.4 is 0 Å². The molecule has 0 radical (unpaired) electrons. The molecule has 0 amide bonds. The van der Waals surface area contributed by atoms with Crippen LogP contribution in [0.3, 0.4) is 0 Å². The molecule has 3 unspecified atom stereocenters. The summed E-state index contributed by atoms with van der Waals surface area (Å²) in [4.78, 5) is 0. The van der Waals surface area contributed by atoms with Gasteiger partial charge in [0.2, 0.25) is 0 Å². The molecule has 0 spiro atoms. The van der Waals surface area contributed by atoms with Crippen LogP contribution in [0.5, 0.6) is 0 Å². The van der Waals surface area contributed by atoms with Gasteiger partial charge in [-0.2, -0.15) is 0 Å². The smallest absolute Gasteiger partial charge is 0.0143 e. The number of allylic oxidation sites excluding steroid dienone is 5. The van der Waals surface area contributed by atoms with Gasteiger partial charge in [-0.3, -0.25) is 0 Å². The molecule has 3 fully saturated rings. The van der Waals surface area contributed by atoms with Crippen LogP contribution in [-0.2, 0) is 0 Å². The second-order valence-corrected chi connectivity index (χ2v) is 8.57. The van der Waals surface area contributed by atoms with E-state index >= 15 is 0 Å². The quantitative estimate of drug-likeness (QED) is 0.481. The first kappa shape index (κ1) is 20.5. The highest BCUT2D eigenvalue weighted by molar-refractivity contribution is 5.35. The summed E-state index contributed by atoms with van der Waals surface area (Å²) in [5.41, 5.74) is 5.31. The highest BCUT2D eigenvalue weighted by Crippen LogP contribution is 2.58. The molecule has 3 aliphatic carbocycles. The maximum Gasteiger partial charge on any atom is -0.0143 e. The summed E-state index contributed by atoms with van der Waals surface area (Å²) in [6, 6.07) is 0. The van der Waals surface area contributed by atoms with Gasteiger partial charge in [0.1, 0.15) is 0 Å². The van der Waals surface area contributed by atoms with Gasteiger partial charge in [-0.1, -0.05) is 70.4 Å². The summed E-state index contributed by atoms with van der Waals surface area (Å²) in [5, 5.41) is 0. The topological polar surface area (TPSA) is 0 Å². The number of hydrogen-bond donors (Lipinski definition) is 0. The lowest BCUT2D eigenvalue weighted by atomic mass is 9.62. The first-order valence-electron chi connectivity index (χ1n) is 11.2. The maximum atomic E-state index is 4.29. The molecule has 0 nitrogen and oxygen atoms in total. The molecule has 0 saturated heterocycles. The lowest BCUT2D eigenvalue weighted by molar-refractivity contribution is 0.127. The third kappa shape index (κ3) is 4.69. The zero-order valence-corrected chi connectivity index (χ0v) is 17.5. The number of hydrogen-bond acceptors (Lipinski definition) is 0. The molecule has 142 valence electrons. The summed E-state index contributed by atoms with van der Waals surface area (Å²) >= 11 is 0. The fourth-order valence-corrected chi connectivity index (χ4v) is 5.67. The van der Waals surface area contributed by atoms with Gasteiger partial charge in [0.15, 0.2) is 0 Å². The molecular formula is C25H42. The van der Waals surface area contributed by atoms with Crippen LogP contribution in [0.4, 0.5) is 0 Å². The van der Waals surface area contributed by atoms with Crippen molar-refractivity contribution in [3.8, 4) is 0 Å². The van der Waals surface area contributed by atoms with Gasteiger partial charge in [-0.25, -0.2) is 0 Å². The molecule has 0 aliphatic heterocycles. The van der Waals surface area contributed by atoms with E-state index in [4.69, 9.17) is 0 Å². The van der Waals surface area contributed by atoms with Crippen molar-refractivity contribution in [3.63, 3.8) is 0 Å². The Bertz CT molecular complexity index is 492. The average Bonchev–Trinajstić information content (AvgIpc) is 2.98. The average molecular weight is 343 g/mol. The molecule has 3 saturated carbocycles. The maximum absolute atomic E-state index is 4.29. The predicted octanol–water partition coefficient (Wildman–Crippen LogP) is 8.40. The van der Waals surface area contributed by atoms with Crippen molar-refractivity contribution in [1.82, 2.24) is 0 Å². The Morgan fingerprint density at radius 2 is 1.80 bits per heavy atom. The molecule has 0 heterocycles. The van der Waals surface area contributed by atoms with E-state index in [1.807, 2.05) is 13.8 Å². The van der Waals surface area contributed by atoms with Gasteiger partial charge in [0.25, 0.3) is 0 Å². The standard InChI is InChI=1S/C23H36.C2H6/c1-4-5-12-21-15-16-22-20(11-8-17-23(21,22)3)14-13-19-10-7-6-9-18(19)2;1-2/h13-14,21-22H,2,4-12,15-17H2,1,3H3;1-2H3/b19-13-,20-14+;. The van der Waals surface area contributed by atoms with E-state index in [1.165, 1.54) is 88.2 Å². The van der Waals surface area contributed by atoms with E-state index in [-0.39, 0.29) is 0 Å². The highest BCUT2D eigenvalue weighted by Gasteiger charge is 2.48. The molecule has 3 rings (SSSR count). The van der Waals surface area contributed by atoms with Crippen LogP contribution in [-0.4, -0.2) is 0 Å². The highest BCUT2D eigenvalue weighted by atomic mass is 14.5. The van der Waals surface area contributed by atoms with Gasteiger partial charge in [-0.05, 0) is 87.0 Å². The molecule has 0 heteroatoms. The Morgan fingerprint density at radius 3 is 2.52 bits per heavy atom. The van der Waals surface area contributed by atoms with Crippen LogP contribution >= 0.6 is 0 Å². The summed E-state index contributed by atoms with van der Waals surface area (Å²) < 4.78 is 0. The van der Waals surface area contributed by atoms with Crippen molar-refractivity contribution >= 4 is 0 Å². The van der Waals surface area contributed by atoms with Crippen molar-refractivity contribution < 1.29 is 0 Å². The molecule has 0 aromatic heterocycles. The van der Waals surface area contributed by atoms with Gasteiger partial charge in [0.05, 0.1) is 0 Å². The Balaban J connectivity index is 0.00000109. The molecule has 3 atom stereocenters. The van der Waals surface area contributed by atoms with E-state index in [0.29, 0.717) is 5.41 Å². The Labute approximate surface area is 157 Å². The van der Waals surface area contributed by atoms with E-state index in [9.17, 15) is 0 Å². The monoisotopic (exact) mass is 342 g/mol. The second-order valence-electron chi connectivity index (χ2n) is 8.57. The largest absolute Gasteiger partial charge is 0.0956 e. The van der Waals surface area contributed by atoms with Crippen molar-refractivity contribution in [3.05, 3.63) is 35.5 Å². The predicted molar refractivity (Wildman–Crippen MR) is 113 cm³/mol. The minimum absolute atomic E-state index is 0.599. The fourth-order valence-electron chi connectivity index (χ4n) is 5.67. The SMILES string of the molecule is C=C1CCCC/C1=C/C=C1\CCCC2(C)C(CCCC)CCC12.CC. The second kappa shape index (κ2) is 9.79. The molecule has 0 aromatic carbocycles. The van der Waals surface area contributed by atoms with Crippen molar-refractivity contribution in [2.75, 3.05) is 0 Å². The summed E-state index contributed by atoms with van der Waals surface area (Å²) in [6.45, 7) is 13.2. The Morgan fingerprint density at radius 1 is 1.04 bits per heavy atom. The Kier molecular flexibility index (Phi) is 8.04. The van der Waals surface area contributed by atoms with Gasteiger partial charge >= 0.3 is 0 Å². The summed E-state index contributed by atoms with van der Waals surface area (Å²) in [5.74, 6) is 1.85. The van der Waals surface area contributed by atoms with Crippen molar-refractivity contribution in [1.29, 1.82) is 0 Å². The molecule has 25 heavy (non-hydrogen) atoms. The lowest BCUT2D eigenvalue weighted by Crippen LogP contribution is -2.33. The van der Waals surface area contributed by atoms with Crippen LogP contribution in [0.2, 0.25) is 0 Å². The number of rotatable bonds is 4. The minimum atomic E-state index is 0.599. The third-order valence-electron chi connectivity index (χ3n) is 7.19. The van der Waals surface area contributed by atoms with Gasteiger partial charge < -0.3 is 0 Å². The molecule has 0 bridgehead atoms. The van der Waals surface area contributed by atoms with Crippen LogP contribution in [0.15, 0.2) is 35.5 Å². The van der Waals surface area contributed by atoms with E-state index in [2.05, 4.69) is 32.6 Å². The minimum Gasteiger partial charge on any atom is -0.0956 e. The van der Waals surface area contributed by atoms with Gasteiger partial charge in [-0.15, -0.1) is 0 Å². The van der Waals surface area contributed by atoms with Crippen molar-refractivity contribution in [2.45, 2.75) is 105 Å². The van der Waals surface area contributed by atoms with E-state index in [0.717, 1.165) is 11.8 Å². The van der Waals surface area contributed by atoms with Crippen molar-refractivity contribution in [2.24, 2.45) is 17.3 Å². The summed E-state index contributed by atoms with van der Waals surface area (Å²) in [7, 11) is 0. The van der Waals surface area contributed by atoms with E-state index in [1.54, 1.807) is 5.57 Å².